The van der Waals surface area contributed by atoms with Gasteiger partial charge in [-0.15, -0.1) is 0 Å². The number of nitrogen functional groups attached to an aromatic ring is 1. The standard InChI is InChI=1S/C13H12F2N2O2S/c1-8-2-3-10(15)7-12(8)17-20(18,19)13-5-4-9(14)6-11(13)16/h2-7,17H,16H2,1H3. The smallest absolute Gasteiger partial charge is 0.263 e. The maximum absolute atomic E-state index is 13.1. The number of anilines is 2. The third kappa shape index (κ3) is 2.88. The van der Waals surface area contributed by atoms with E-state index in [-0.39, 0.29) is 16.3 Å². The zero-order valence-electron chi connectivity index (χ0n) is 10.5. The van der Waals surface area contributed by atoms with Crippen molar-refractivity contribution in [3.05, 3.63) is 53.6 Å². The molecule has 0 heterocycles. The van der Waals surface area contributed by atoms with Gasteiger partial charge < -0.3 is 5.73 Å². The highest BCUT2D eigenvalue weighted by Gasteiger charge is 2.19. The molecule has 2 aromatic carbocycles. The maximum atomic E-state index is 13.1. The van der Waals surface area contributed by atoms with Gasteiger partial charge in [-0.1, -0.05) is 6.07 Å². The Morgan fingerprint density at radius 2 is 1.65 bits per heavy atom. The normalized spacial score (nSPS) is 11.3. The van der Waals surface area contributed by atoms with E-state index in [1.807, 2.05) is 0 Å². The van der Waals surface area contributed by atoms with Gasteiger partial charge in [0, 0.05) is 0 Å². The summed E-state index contributed by atoms with van der Waals surface area (Å²) < 4.78 is 52.6. The summed E-state index contributed by atoms with van der Waals surface area (Å²) in [5.41, 5.74) is 5.94. The quantitative estimate of drug-likeness (QED) is 0.856. The third-order valence-corrected chi connectivity index (χ3v) is 4.14. The fourth-order valence-corrected chi connectivity index (χ4v) is 2.90. The Hall–Kier alpha value is -2.15. The number of aryl methyl sites for hydroxylation is 1. The Morgan fingerprint density at radius 1 is 1.05 bits per heavy atom. The molecule has 4 nitrogen and oxygen atoms in total. The lowest BCUT2D eigenvalue weighted by atomic mass is 10.2. The van der Waals surface area contributed by atoms with Gasteiger partial charge in [0.05, 0.1) is 11.4 Å². The van der Waals surface area contributed by atoms with Gasteiger partial charge in [-0.05, 0) is 42.8 Å². The fraction of sp³-hybridized carbons (Fsp3) is 0.0769. The fourth-order valence-electron chi connectivity index (χ4n) is 1.67. The van der Waals surface area contributed by atoms with E-state index in [0.29, 0.717) is 5.56 Å². The first-order valence-electron chi connectivity index (χ1n) is 5.63. The third-order valence-electron chi connectivity index (χ3n) is 2.71. The summed E-state index contributed by atoms with van der Waals surface area (Å²) in [6, 6.07) is 6.69. The SMILES string of the molecule is Cc1ccc(F)cc1NS(=O)(=O)c1ccc(F)cc1N. The Kier molecular flexibility index (Phi) is 3.63. The van der Waals surface area contributed by atoms with Crippen molar-refractivity contribution in [3.63, 3.8) is 0 Å². The van der Waals surface area contributed by atoms with E-state index in [1.165, 1.54) is 12.1 Å². The maximum Gasteiger partial charge on any atom is 0.263 e. The van der Waals surface area contributed by atoms with Crippen molar-refractivity contribution in [2.45, 2.75) is 11.8 Å². The molecule has 0 atom stereocenters. The average molecular weight is 298 g/mol. The van der Waals surface area contributed by atoms with Crippen LogP contribution >= 0.6 is 0 Å². The van der Waals surface area contributed by atoms with Crippen LogP contribution in [0.15, 0.2) is 41.3 Å². The van der Waals surface area contributed by atoms with Gasteiger partial charge in [0.25, 0.3) is 10.0 Å². The first-order valence-corrected chi connectivity index (χ1v) is 7.12. The van der Waals surface area contributed by atoms with Crippen molar-refractivity contribution in [3.8, 4) is 0 Å². The minimum atomic E-state index is -4.01. The first kappa shape index (κ1) is 14.3. The van der Waals surface area contributed by atoms with Gasteiger partial charge in [0.1, 0.15) is 16.5 Å². The molecule has 3 N–H and O–H groups in total. The van der Waals surface area contributed by atoms with Gasteiger partial charge in [-0.3, -0.25) is 4.72 Å². The molecular weight excluding hydrogens is 286 g/mol. The van der Waals surface area contributed by atoms with Crippen LogP contribution in [-0.4, -0.2) is 8.42 Å². The molecule has 0 aliphatic carbocycles. The zero-order valence-corrected chi connectivity index (χ0v) is 11.3. The van der Waals surface area contributed by atoms with E-state index in [0.717, 1.165) is 24.3 Å². The van der Waals surface area contributed by atoms with Crippen LogP contribution in [0.1, 0.15) is 5.56 Å². The van der Waals surface area contributed by atoms with Crippen LogP contribution in [0, 0.1) is 18.6 Å². The second-order valence-electron chi connectivity index (χ2n) is 4.25. The highest BCUT2D eigenvalue weighted by Crippen LogP contribution is 2.24. The lowest BCUT2D eigenvalue weighted by Gasteiger charge is -2.12. The number of nitrogens with two attached hydrogens (primary N) is 1. The topological polar surface area (TPSA) is 72.2 Å². The monoisotopic (exact) mass is 298 g/mol. The first-order chi connectivity index (χ1) is 9.29. The predicted octanol–water partition coefficient (Wildman–Crippen LogP) is 2.66. The lowest BCUT2D eigenvalue weighted by molar-refractivity contribution is 0.600. The summed E-state index contributed by atoms with van der Waals surface area (Å²) in [7, 11) is -4.01. The number of halogens is 2. The zero-order chi connectivity index (χ0) is 14.9. The van der Waals surface area contributed by atoms with Crippen molar-refractivity contribution < 1.29 is 17.2 Å². The molecule has 0 fully saturated rings. The molecule has 20 heavy (non-hydrogen) atoms. The van der Waals surface area contributed by atoms with Gasteiger partial charge in [0.15, 0.2) is 0 Å². The van der Waals surface area contributed by atoms with Crippen molar-refractivity contribution in [2.24, 2.45) is 0 Å². The molecule has 0 radical (unpaired) electrons. The van der Waals surface area contributed by atoms with Crippen LogP contribution in [0.5, 0.6) is 0 Å². The number of hydrogen-bond acceptors (Lipinski definition) is 3. The number of benzene rings is 2. The van der Waals surface area contributed by atoms with Crippen molar-refractivity contribution in [1.29, 1.82) is 0 Å². The summed E-state index contributed by atoms with van der Waals surface area (Å²) in [6.45, 7) is 1.63. The summed E-state index contributed by atoms with van der Waals surface area (Å²) >= 11 is 0. The van der Waals surface area contributed by atoms with Crippen LogP contribution < -0.4 is 10.5 Å². The minimum Gasteiger partial charge on any atom is -0.398 e. The van der Waals surface area contributed by atoms with Crippen LogP contribution in [-0.2, 0) is 10.0 Å². The van der Waals surface area contributed by atoms with Gasteiger partial charge in [-0.2, -0.15) is 0 Å². The van der Waals surface area contributed by atoms with Crippen LogP contribution in [0.3, 0.4) is 0 Å². The molecule has 0 unspecified atom stereocenters. The Balaban J connectivity index is 2.43. The molecule has 106 valence electrons. The molecule has 2 aromatic rings. The largest absolute Gasteiger partial charge is 0.398 e. The predicted molar refractivity (Wildman–Crippen MR) is 72.8 cm³/mol. The van der Waals surface area contributed by atoms with E-state index in [9.17, 15) is 17.2 Å². The molecule has 7 heteroatoms. The van der Waals surface area contributed by atoms with Crippen LogP contribution in [0.2, 0.25) is 0 Å². The molecule has 2 rings (SSSR count). The van der Waals surface area contributed by atoms with Crippen LogP contribution in [0.25, 0.3) is 0 Å². The van der Waals surface area contributed by atoms with E-state index >= 15 is 0 Å². The van der Waals surface area contributed by atoms with Gasteiger partial charge in [-0.25, -0.2) is 17.2 Å². The molecule has 0 bridgehead atoms. The second kappa shape index (κ2) is 5.09. The number of nitrogens with one attached hydrogen (secondary N) is 1. The average Bonchev–Trinajstić information content (AvgIpc) is 2.33. The van der Waals surface area contributed by atoms with Crippen molar-refractivity contribution >= 4 is 21.4 Å². The summed E-state index contributed by atoms with van der Waals surface area (Å²) in [5, 5.41) is 0. The van der Waals surface area contributed by atoms with Gasteiger partial charge >= 0.3 is 0 Å². The number of rotatable bonds is 3. The Bertz CT molecular complexity index is 761. The van der Waals surface area contributed by atoms with E-state index in [2.05, 4.69) is 4.72 Å². The number of hydrogen-bond donors (Lipinski definition) is 2. The summed E-state index contributed by atoms with van der Waals surface area (Å²) in [4.78, 5) is -0.262. The van der Waals surface area contributed by atoms with Gasteiger partial charge in [0.2, 0.25) is 0 Å². The summed E-state index contributed by atoms with van der Waals surface area (Å²) in [5.74, 6) is -1.20. The Morgan fingerprint density at radius 3 is 2.30 bits per heavy atom. The van der Waals surface area contributed by atoms with Crippen molar-refractivity contribution in [2.75, 3.05) is 10.5 Å². The van der Waals surface area contributed by atoms with E-state index in [4.69, 9.17) is 5.73 Å². The molecule has 0 saturated carbocycles. The molecule has 0 aliphatic heterocycles. The van der Waals surface area contributed by atoms with E-state index < -0.39 is 21.7 Å². The molecular formula is C13H12F2N2O2S. The van der Waals surface area contributed by atoms with E-state index in [1.54, 1.807) is 6.92 Å². The Labute approximate surface area is 115 Å². The highest BCUT2D eigenvalue weighted by molar-refractivity contribution is 7.92. The lowest BCUT2D eigenvalue weighted by Crippen LogP contribution is -2.15. The molecule has 0 aliphatic rings. The van der Waals surface area contributed by atoms with Crippen LogP contribution in [0.4, 0.5) is 20.2 Å². The molecule has 0 saturated heterocycles. The van der Waals surface area contributed by atoms with Crippen molar-refractivity contribution in [1.82, 2.24) is 0 Å². The minimum absolute atomic E-state index is 0.105. The molecule has 0 amide bonds. The molecule has 0 spiro atoms. The second-order valence-corrected chi connectivity index (χ2v) is 5.90. The molecule has 0 aromatic heterocycles. The highest BCUT2D eigenvalue weighted by atomic mass is 32.2. The summed E-state index contributed by atoms with van der Waals surface area (Å²) in [6.07, 6.45) is 0. The number of sulfonamides is 1.